The van der Waals surface area contributed by atoms with Gasteiger partial charge in [-0.25, -0.2) is 0 Å². The molecule has 0 saturated carbocycles. The lowest BCUT2D eigenvalue weighted by molar-refractivity contribution is 0.596. The first-order valence-electron chi connectivity index (χ1n) is 20.5. The van der Waals surface area contributed by atoms with Gasteiger partial charge in [0.05, 0.1) is 5.69 Å². The van der Waals surface area contributed by atoms with E-state index in [0.29, 0.717) is 0 Å². The second kappa shape index (κ2) is 15.5. The van der Waals surface area contributed by atoms with Crippen molar-refractivity contribution >= 4 is 50.0 Å². The lowest BCUT2D eigenvalue weighted by Crippen LogP contribution is -2.25. The summed E-state index contributed by atoms with van der Waals surface area (Å²) < 4.78 is 0. The first-order valence-corrected chi connectivity index (χ1v) is 20.5. The van der Waals surface area contributed by atoms with E-state index in [1.54, 1.807) is 0 Å². The maximum atomic E-state index is 2.42. The van der Waals surface area contributed by atoms with E-state index in [-0.39, 0.29) is 5.41 Å². The Morgan fingerprint density at radius 1 is 0.390 bits per heavy atom. The first kappa shape index (κ1) is 36.0. The van der Waals surface area contributed by atoms with Crippen LogP contribution in [0.2, 0.25) is 0 Å². The summed E-state index contributed by atoms with van der Waals surface area (Å²) in [5, 5.41) is 4.94. The minimum absolute atomic E-state index is 0.237. The molecule has 0 bridgehead atoms. The number of fused-ring (bicyclic) bond motifs is 2. The van der Waals surface area contributed by atoms with Gasteiger partial charge in [0.25, 0.3) is 0 Å². The molecular formula is C57H44N2. The third-order valence-corrected chi connectivity index (χ3v) is 11.8. The van der Waals surface area contributed by atoms with E-state index in [1.165, 1.54) is 49.4 Å². The van der Waals surface area contributed by atoms with Crippen LogP contribution in [0.25, 0.3) is 43.8 Å². The summed E-state index contributed by atoms with van der Waals surface area (Å²) in [4.78, 5) is 4.80. The molecule has 0 aromatic heterocycles. The van der Waals surface area contributed by atoms with Gasteiger partial charge >= 0.3 is 0 Å². The molecule has 0 radical (unpaired) electrons. The van der Waals surface area contributed by atoms with Gasteiger partial charge in [0.1, 0.15) is 0 Å². The van der Waals surface area contributed by atoms with Crippen molar-refractivity contribution in [2.24, 2.45) is 0 Å². The highest BCUT2D eigenvalue weighted by atomic mass is 15.2. The van der Waals surface area contributed by atoms with Gasteiger partial charge in [0.2, 0.25) is 0 Å². The fraction of sp³-hybridized carbons (Fsp3) is 0.0526. The van der Waals surface area contributed by atoms with Crippen molar-refractivity contribution < 1.29 is 0 Å². The molecule has 0 fully saturated rings. The zero-order valence-electron chi connectivity index (χ0n) is 33.1. The third kappa shape index (κ3) is 7.11. The summed E-state index contributed by atoms with van der Waals surface area (Å²) in [6.07, 6.45) is 8.00. The Morgan fingerprint density at radius 3 is 1.64 bits per heavy atom. The molecule has 1 atom stereocenters. The number of nitrogens with zero attached hydrogens (tertiary/aromatic N) is 2. The molecule has 1 aliphatic rings. The molecule has 282 valence electrons. The Hall–Kier alpha value is -7.42. The van der Waals surface area contributed by atoms with Gasteiger partial charge in [-0.15, -0.1) is 0 Å². The van der Waals surface area contributed by atoms with E-state index in [4.69, 9.17) is 0 Å². The molecule has 2 nitrogen and oxygen atoms in total. The lowest BCUT2D eigenvalue weighted by atomic mass is 9.76. The molecule has 0 aliphatic heterocycles. The van der Waals surface area contributed by atoms with Crippen molar-refractivity contribution in [3.8, 4) is 22.3 Å². The summed E-state index contributed by atoms with van der Waals surface area (Å²) in [6, 6.07) is 78.9. The van der Waals surface area contributed by atoms with Gasteiger partial charge in [-0.1, -0.05) is 177 Å². The Labute approximate surface area is 347 Å². The largest absolute Gasteiger partial charge is 0.311 e. The normalized spacial score (nSPS) is 14.9. The highest BCUT2D eigenvalue weighted by Crippen LogP contribution is 2.45. The smallest absolute Gasteiger partial charge is 0.0543 e. The highest BCUT2D eigenvalue weighted by molar-refractivity contribution is 6.00. The van der Waals surface area contributed by atoms with Crippen LogP contribution >= 0.6 is 0 Å². The molecule has 2 heteroatoms. The molecule has 0 spiro atoms. The number of hydrogen-bond acceptors (Lipinski definition) is 2. The summed E-state index contributed by atoms with van der Waals surface area (Å²) in [5.41, 5.74) is 12.7. The van der Waals surface area contributed by atoms with E-state index < -0.39 is 0 Å². The summed E-state index contributed by atoms with van der Waals surface area (Å²) >= 11 is 0. The van der Waals surface area contributed by atoms with Gasteiger partial charge in [0.15, 0.2) is 0 Å². The van der Waals surface area contributed by atoms with E-state index in [9.17, 15) is 0 Å². The maximum absolute atomic E-state index is 2.42. The van der Waals surface area contributed by atoms with Crippen LogP contribution in [0.3, 0.4) is 0 Å². The number of hydrogen-bond donors (Lipinski definition) is 0. The van der Waals surface area contributed by atoms with E-state index >= 15 is 0 Å². The lowest BCUT2D eigenvalue weighted by Gasteiger charge is -2.35. The van der Waals surface area contributed by atoms with Crippen LogP contribution in [0.1, 0.15) is 18.9 Å². The maximum Gasteiger partial charge on any atom is 0.0543 e. The van der Waals surface area contributed by atoms with Crippen LogP contribution < -0.4 is 9.80 Å². The van der Waals surface area contributed by atoms with Crippen molar-refractivity contribution in [3.05, 3.63) is 248 Å². The van der Waals surface area contributed by atoms with Crippen LogP contribution in [0.4, 0.5) is 28.4 Å². The average Bonchev–Trinajstić information content (AvgIpc) is 3.31. The van der Waals surface area contributed by atoms with Gasteiger partial charge in [-0.05, 0) is 117 Å². The van der Waals surface area contributed by atoms with Crippen molar-refractivity contribution in [1.29, 1.82) is 0 Å². The van der Waals surface area contributed by atoms with Gasteiger partial charge in [0, 0.05) is 39.2 Å². The van der Waals surface area contributed by atoms with E-state index in [1.807, 2.05) is 0 Å². The van der Waals surface area contributed by atoms with Crippen LogP contribution in [-0.2, 0) is 5.41 Å². The molecule has 10 rings (SSSR count). The van der Waals surface area contributed by atoms with Crippen molar-refractivity contribution in [1.82, 2.24) is 0 Å². The second-order valence-electron chi connectivity index (χ2n) is 15.7. The molecular weight excluding hydrogens is 713 g/mol. The molecule has 59 heavy (non-hydrogen) atoms. The minimum atomic E-state index is -0.237. The summed E-state index contributed by atoms with van der Waals surface area (Å²) in [7, 11) is 0. The van der Waals surface area contributed by atoms with Crippen molar-refractivity contribution in [2.75, 3.05) is 9.80 Å². The standard InChI is InChI=1S/C57H44N2/c1-57(36-34-53(35-37-57)58(50-22-7-3-8-23-50)54-26-15-21-46(40-54)42-16-5-2-6-17-42)49-39-48-20-13-14-27-55(48)56(41-49)59(51-24-9-4-10-25-51)52-32-30-44(31-33-52)47-29-28-43-18-11-12-19-45(43)38-47/h2-36,38-41H,37H2,1H3. The monoisotopic (exact) mass is 756 g/mol. The molecule has 0 amide bonds. The van der Waals surface area contributed by atoms with Crippen LogP contribution in [-0.4, -0.2) is 0 Å². The van der Waals surface area contributed by atoms with Crippen molar-refractivity contribution in [2.45, 2.75) is 18.8 Å². The number of allylic oxidation sites excluding steroid dienone is 3. The number of para-hydroxylation sites is 2. The molecule has 9 aromatic rings. The molecule has 9 aromatic carbocycles. The fourth-order valence-electron chi connectivity index (χ4n) is 8.56. The molecule has 0 heterocycles. The molecule has 1 aliphatic carbocycles. The van der Waals surface area contributed by atoms with Crippen LogP contribution in [0.5, 0.6) is 0 Å². The zero-order chi connectivity index (χ0) is 39.6. The predicted molar refractivity (Wildman–Crippen MR) is 251 cm³/mol. The third-order valence-electron chi connectivity index (χ3n) is 11.8. The average molecular weight is 757 g/mol. The fourth-order valence-corrected chi connectivity index (χ4v) is 8.56. The number of rotatable bonds is 9. The van der Waals surface area contributed by atoms with Gasteiger partial charge in [-0.2, -0.15) is 0 Å². The quantitative estimate of drug-likeness (QED) is 0.145. The predicted octanol–water partition coefficient (Wildman–Crippen LogP) is 15.7. The number of anilines is 5. The van der Waals surface area contributed by atoms with Crippen LogP contribution in [0, 0.1) is 0 Å². The van der Waals surface area contributed by atoms with Gasteiger partial charge in [-0.3, -0.25) is 0 Å². The second-order valence-corrected chi connectivity index (χ2v) is 15.7. The topological polar surface area (TPSA) is 6.48 Å². The zero-order valence-corrected chi connectivity index (χ0v) is 33.1. The molecule has 0 saturated heterocycles. The Morgan fingerprint density at radius 2 is 0.932 bits per heavy atom. The van der Waals surface area contributed by atoms with E-state index in [2.05, 4.69) is 253 Å². The Bertz CT molecular complexity index is 2970. The minimum Gasteiger partial charge on any atom is -0.311 e. The first-order chi connectivity index (χ1) is 29.1. The Kier molecular flexibility index (Phi) is 9.44. The van der Waals surface area contributed by atoms with Crippen molar-refractivity contribution in [3.63, 3.8) is 0 Å². The Balaban J connectivity index is 1.03. The summed E-state index contributed by atoms with van der Waals surface area (Å²) in [5.74, 6) is 0. The van der Waals surface area contributed by atoms with E-state index in [0.717, 1.165) is 40.6 Å². The van der Waals surface area contributed by atoms with Gasteiger partial charge < -0.3 is 9.80 Å². The molecule has 1 unspecified atom stereocenters. The number of benzene rings is 9. The van der Waals surface area contributed by atoms with Crippen LogP contribution in [0.15, 0.2) is 242 Å². The molecule has 0 N–H and O–H groups in total. The highest BCUT2D eigenvalue weighted by Gasteiger charge is 2.29. The summed E-state index contributed by atoms with van der Waals surface area (Å²) in [6.45, 7) is 2.37. The SMILES string of the molecule is CC1(c2cc(N(c3ccccc3)c3ccc(-c4ccc5ccccc5c4)cc3)c3ccccc3c2)C=CC(N(c2ccccc2)c2cccc(-c3ccccc3)c2)=CC1.